The van der Waals surface area contributed by atoms with Crippen LogP contribution in [0.4, 0.5) is 19.0 Å². The fourth-order valence-electron chi connectivity index (χ4n) is 5.02. The van der Waals surface area contributed by atoms with Crippen LogP contribution in [0.2, 0.25) is 10.3 Å². The van der Waals surface area contributed by atoms with E-state index in [4.69, 9.17) is 44.0 Å². The van der Waals surface area contributed by atoms with E-state index in [0.717, 1.165) is 13.8 Å². The monoisotopic (exact) mass is 647 g/mol. The minimum absolute atomic E-state index is 0.0821. The minimum Gasteiger partial charge on any atom is -0.476 e. The highest BCUT2D eigenvalue weighted by atomic mass is 32.2. The van der Waals surface area contributed by atoms with Crippen LogP contribution < -0.4 is 14.4 Å². The molecule has 1 fully saturated rings. The molecule has 1 N–H and O–H groups in total. The zero-order valence-corrected chi connectivity index (χ0v) is 26.9. The van der Waals surface area contributed by atoms with Crippen molar-refractivity contribution >= 4 is 61.0 Å². The predicted molar refractivity (Wildman–Crippen MR) is 168 cm³/mol. The summed E-state index contributed by atoms with van der Waals surface area (Å²) in [5.74, 6) is -2.12. The molecule has 20 heteroatoms. The Morgan fingerprint density at radius 2 is 1.76 bits per heavy atom. The standard InChI is InChI=1S/C26H29B5F3N7O4S/c1-14-16(11-39(6)36-14)46(43,44)38-21(42)15-7-8-18(41-10-9-19(37-41)45-13-22(2,3)26(32,33)34)35-20(15)40-12-17(25(29,30)31)24(27,28)23(40,4)5/h7-11,17H,12-13H2,1-6H3,(H,38,42)/t17-/m1/s1. The summed E-state index contributed by atoms with van der Waals surface area (Å²) in [4.78, 5) is 19.6. The summed E-state index contributed by atoms with van der Waals surface area (Å²) in [6.45, 7) is 5.95. The van der Waals surface area contributed by atoms with Crippen molar-refractivity contribution in [2.75, 3.05) is 18.1 Å². The van der Waals surface area contributed by atoms with Crippen LogP contribution >= 0.6 is 0 Å². The highest BCUT2D eigenvalue weighted by molar-refractivity contribution is 7.90. The first-order chi connectivity index (χ1) is 20.8. The molecule has 0 bridgehead atoms. The first kappa shape index (κ1) is 35.6. The summed E-state index contributed by atoms with van der Waals surface area (Å²) >= 11 is 0. The van der Waals surface area contributed by atoms with Crippen LogP contribution in [0.3, 0.4) is 0 Å². The maximum absolute atomic E-state index is 13.6. The van der Waals surface area contributed by atoms with E-state index >= 15 is 0 Å². The van der Waals surface area contributed by atoms with Gasteiger partial charge in [-0.25, -0.2) is 22.8 Å². The number of carbonyl (C=O) groups is 1. The number of carbonyl (C=O) groups excluding carboxylic acids is 1. The summed E-state index contributed by atoms with van der Waals surface area (Å²) in [6.07, 6.45) is -1.88. The number of hydrogen-bond acceptors (Lipinski definition) is 8. The molecule has 0 unspecified atom stereocenters. The lowest BCUT2D eigenvalue weighted by Gasteiger charge is -2.47. The molecule has 1 aliphatic rings. The van der Waals surface area contributed by atoms with Crippen LogP contribution in [0.1, 0.15) is 43.7 Å². The Morgan fingerprint density at radius 1 is 1.13 bits per heavy atom. The van der Waals surface area contributed by atoms with Crippen molar-refractivity contribution in [2.45, 2.75) is 61.6 Å². The van der Waals surface area contributed by atoms with Gasteiger partial charge in [0.25, 0.3) is 15.9 Å². The maximum atomic E-state index is 13.6. The van der Waals surface area contributed by atoms with Crippen molar-refractivity contribution in [1.82, 2.24) is 29.3 Å². The van der Waals surface area contributed by atoms with Gasteiger partial charge in [0, 0.05) is 37.6 Å². The predicted octanol–water partition coefficient (Wildman–Crippen LogP) is 1.64. The Bertz CT molecular complexity index is 1750. The van der Waals surface area contributed by atoms with E-state index in [1.54, 1.807) is 13.8 Å². The molecular formula is C26H29B5F3N7O4S. The molecule has 1 saturated heterocycles. The molecule has 11 nitrogen and oxygen atoms in total. The van der Waals surface area contributed by atoms with Crippen LogP contribution in [0.5, 0.6) is 5.88 Å². The number of nitrogens with one attached hydrogen (secondary N) is 1. The lowest BCUT2D eigenvalue weighted by Crippen LogP contribution is -2.49. The average molecular weight is 647 g/mol. The van der Waals surface area contributed by atoms with Gasteiger partial charge >= 0.3 is 6.18 Å². The quantitative estimate of drug-likeness (QED) is 0.348. The molecule has 234 valence electrons. The molecule has 1 atom stereocenters. The number of amides is 1. The van der Waals surface area contributed by atoms with Crippen molar-refractivity contribution in [3.8, 4) is 11.7 Å². The van der Waals surface area contributed by atoms with Gasteiger partial charge in [0.1, 0.15) is 17.3 Å². The van der Waals surface area contributed by atoms with E-state index in [1.165, 1.54) is 58.8 Å². The lowest BCUT2D eigenvalue weighted by atomic mass is 9.28. The second-order valence-corrected chi connectivity index (χ2v) is 14.3. The summed E-state index contributed by atoms with van der Waals surface area (Å²) in [7, 11) is 28.3. The molecule has 0 saturated carbocycles. The van der Waals surface area contributed by atoms with Crippen LogP contribution in [-0.2, 0) is 17.1 Å². The molecule has 1 amide bonds. The Kier molecular flexibility index (Phi) is 8.85. The largest absolute Gasteiger partial charge is 0.476 e. The van der Waals surface area contributed by atoms with Crippen molar-refractivity contribution in [2.24, 2.45) is 18.4 Å². The second kappa shape index (κ2) is 11.4. The van der Waals surface area contributed by atoms with E-state index in [9.17, 15) is 26.4 Å². The third kappa shape index (κ3) is 6.46. The number of nitrogens with zero attached hydrogens (tertiary/aromatic N) is 6. The number of ether oxygens (including phenoxy) is 1. The fourth-order valence-corrected chi connectivity index (χ4v) is 6.20. The minimum atomic E-state index is -4.51. The van der Waals surface area contributed by atoms with Crippen molar-refractivity contribution in [3.05, 3.63) is 41.9 Å². The number of rotatable bonds is 9. The number of halogens is 3. The first-order valence-corrected chi connectivity index (χ1v) is 15.3. The van der Waals surface area contributed by atoms with Crippen LogP contribution in [0, 0.1) is 18.3 Å². The number of sulfonamides is 1. The molecule has 46 heavy (non-hydrogen) atoms. The van der Waals surface area contributed by atoms with E-state index in [1.807, 2.05) is 4.72 Å². The number of aromatic nitrogens is 5. The summed E-state index contributed by atoms with van der Waals surface area (Å²) < 4.78 is 76.1. The molecule has 0 aromatic carbocycles. The highest BCUT2D eigenvalue weighted by Crippen LogP contribution is 2.57. The Hall–Kier alpha value is -3.30. The SMILES string of the molecule is [B]C([B])([B])[C@@H]1CN(c2nc(-n3ccc(OCC(C)(C)C(F)(F)F)n3)ccc2C(=O)NS(=O)(=O)c2cn(C)nc2C)C(C)(C)C1([B])[B]. The van der Waals surface area contributed by atoms with E-state index < -0.39 is 55.9 Å². The Balaban J connectivity index is 1.78. The molecular weight excluding hydrogens is 617 g/mol. The summed E-state index contributed by atoms with van der Waals surface area (Å²) in [6, 6.07) is 3.99. The number of pyridine rings is 1. The number of anilines is 1. The zero-order valence-electron chi connectivity index (χ0n) is 26.1. The second-order valence-electron chi connectivity index (χ2n) is 12.7. The van der Waals surface area contributed by atoms with E-state index in [0.29, 0.717) is 0 Å². The topological polar surface area (TPSA) is 124 Å². The third-order valence-corrected chi connectivity index (χ3v) is 9.71. The van der Waals surface area contributed by atoms with E-state index in [-0.39, 0.29) is 40.2 Å². The smallest absolute Gasteiger partial charge is 0.397 e. The molecule has 0 aliphatic carbocycles. The molecule has 0 spiro atoms. The summed E-state index contributed by atoms with van der Waals surface area (Å²) in [5, 5.41) is 4.67. The molecule has 3 aromatic heterocycles. The van der Waals surface area contributed by atoms with Gasteiger partial charge in [-0.1, -0.05) is 5.21 Å². The van der Waals surface area contributed by atoms with Crippen molar-refractivity contribution < 1.29 is 31.1 Å². The van der Waals surface area contributed by atoms with Crippen molar-refractivity contribution in [1.29, 1.82) is 0 Å². The van der Waals surface area contributed by atoms with Crippen LogP contribution in [0.25, 0.3) is 5.82 Å². The first-order valence-electron chi connectivity index (χ1n) is 13.9. The average Bonchev–Trinajstić information content (AvgIpc) is 3.56. The third-order valence-electron chi connectivity index (χ3n) is 8.27. The normalized spacial score (nSPS) is 18.5. The maximum Gasteiger partial charge on any atom is 0.397 e. The van der Waals surface area contributed by atoms with Gasteiger partial charge in [-0.15, -0.1) is 10.2 Å². The number of hydrogen-bond donors (Lipinski definition) is 1. The highest BCUT2D eigenvalue weighted by Gasteiger charge is 2.56. The van der Waals surface area contributed by atoms with Gasteiger partial charge in [-0.2, -0.15) is 18.3 Å². The number of aryl methyl sites for hydroxylation is 2. The molecule has 3 aromatic rings. The van der Waals surface area contributed by atoms with Crippen LogP contribution in [-0.4, -0.2) is 103 Å². The van der Waals surface area contributed by atoms with Gasteiger partial charge < -0.3 is 9.64 Å². The van der Waals surface area contributed by atoms with Gasteiger partial charge in [-0.3, -0.25) is 9.48 Å². The Morgan fingerprint density at radius 3 is 2.28 bits per heavy atom. The van der Waals surface area contributed by atoms with Crippen LogP contribution in [0.15, 0.2) is 35.5 Å². The zero-order chi connectivity index (χ0) is 34.8. The van der Waals surface area contributed by atoms with Gasteiger partial charge in [0.2, 0.25) is 5.88 Å². The molecule has 1 aliphatic heterocycles. The van der Waals surface area contributed by atoms with Crippen molar-refractivity contribution in [3.63, 3.8) is 0 Å². The fraction of sp³-hybridized carbons (Fsp3) is 0.538. The van der Waals surface area contributed by atoms with E-state index in [2.05, 4.69) is 15.2 Å². The molecule has 4 rings (SSSR count). The molecule has 10 radical (unpaired) electrons. The van der Waals surface area contributed by atoms with Gasteiger partial charge in [0.05, 0.1) is 55.9 Å². The van der Waals surface area contributed by atoms with Gasteiger partial charge in [-0.05, 0) is 52.7 Å². The molecule has 4 heterocycles. The number of alkyl halides is 3. The van der Waals surface area contributed by atoms with Gasteiger partial charge in [0.15, 0.2) is 5.82 Å². The Labute approximate surface area is 272 Å². The summed E-state index contributed by atoms with van der Waals surface area (Å²) in [5.41, 5.74) is -3.42. The lowest BCUT2D eigenvalue weighted by molar-refractivity contribution is -0.219.